The molecular formula is C11H14FN3O3S. The van der Waals surface area contributed by atoms with E-state index < -0.39 is 16.0 Å². The lowest BCUT2D eigenvalue weighted by Crippen LogP contribution is -2.50. The summed E-state index contributed by atoms with van der Waals surface area (Å²) in [6.45, 7) is 1.13. The summed E-state index contributed by atoms with van der Waals surface area (Å²) in [5.74, 6) is -1.02. The number of amides is 1. The number of hydrogen-bond acceptors (Lipinski definition) is 4. The van der Waals surface area contributed by atoms with Gasteiger partial charge in [-0.1, -0.05) is 0 Å². The predicted molar refractivity (Wildman–Crippen MR) is 66.5 cm³/mol. The lowest BCUT2D eigenvalue weighted by molar-refractivity contribution is 0.0697. The Hall–Kier alpha value is -1.54. The number of hydrogen-bond donors (Lipinski definition) is 0. The molecule has 1 saturated heterocycles. The van der Waals surface area contributed by atoms with Crippen LogP contribution in [0.4, 0.5) is 4.39 Å². The van der Waals surface area contributed by atoms with Crippen molar-refractivity contribution in [3.05, 3.63) is 29.8 Å². The summed E-state index contributed by atoms with van der Waals surface area (Å²) in [4.78, 5) is 17.0. The van der Waals surface area contributed by atoms with Gasteiger partial charge in [0.15, 0.2) is 0 Å². The Balaban J connectivity index is 2.04. The predicted octanol–water partition coefficient (Wildman–Crippen LogP) is -0.0619. The van der Waals surface area contributed by atoms with Gasteiger partial charge in [0.25, 0.3) is 5.91 Å². The average molecular weight is 287 g/mol. The molecule has 2 rings (SSSR count). The maximum atomic E-state index is 12.9. The third-order valence-corrected chi connectivity index (χ3v) is 4.27. The van der Waals surface area contributed by atoms with E-state index in [1.807, 2.05) is 0 Å². The molecule has 1 aliphatic rings. The Morgan fingerprint density at radius 1 is 1.32 bits per heavy atom. The highest BCUT2D eigenvalue weighted by atomic mass is 32.2. The molecule has 0 aliphatic carbocycles. The van der Waals surface area contributed by atoms with Crippen molar-refractivity contribution >= 4 is 15.9 Å². The number of piperazine rings is 1. The minimum atomic E-state index is -3.22. The monoisotopic (exact) mass is 287 g/mol. The van der Waals surface area contributed by atoms with Crippen LogP contribution in [0.2, 0.25) is 0 Å². The van der Waals surface area contributed by atoms with E-state index in [2.05, 4.69) is 4.98 Å². The summed E-state index contributed by atoms with van der Waals surface area (Å²) < 4.78 is 37.0. The third kappa shape index (κ3) is 3.27. The van der Waals surface area contributed by atoms with Crippen LogP contribution in [0.15, 0.2) is 18.3 Å². The minimum Gasteiger partial charge on any atom is -0.336 e. The van der Waals surface area contributed by atoms with Crippen LogP contribution in [0.5, 0.6) is 0 Å². The molecule has 0 unspecified atom stereocenters. The number of carbonyl (C=O) groups excluding carboxylic acids is 1. The van der Waals surface area contributed by atoms with Gasteiger partial charge < -0.3 is 4.90 Å². The van der Waals surface area contributed by atoms with Crippen molar-refractivity contribution in [2.75, 3.05) is 32.4 Å². The molecular weight excluding hydrogens is 273 g/mol. The van der Waals surface area contributed by atoms with E-state index in [9.17, 15) is 17.6 Å². The van der Waals surface area contributed by atoms with Crippen LogP contribution in [0.1, 0.15) is 10.4 Å². The highest BCUT2D eigenvalue weighted by Gasteiger charge is 2.26. The number of carbonyl (C=O) groups is 1. The fraction of sp³-hybridized carbons (Fsp3) is 0.455. The van der Waals surface area contributed by atoms with Crippen molar-refractivity contribution in [2.45, 2.75) is 0 Å². The standard InChI is InChI=1S/C11H14FN3O3S/c1-19(17,18)15-6-4-14(5-7-15)11(16)9-2-3-13-10(12)8-9/h2-3,8H,4-7H2,1H3. The molecule has 0 saturated carbocycles. The zero-order chi connectivity index (χ0) is 14.0. The summed E-state index contributed by atoms with van der Waals surface area (Å²) in [7, 11) is -3.22. The second-order valence-corrected chi connectivity index (χ2v) is 6.30. The maximum absolute atomic E-state index is 12.9. The van der Waals surface area contributed by atoms with Crippen LogP contribution in [-0.4, -0.2) is 60.9 Å². The molecule has 1 aromatic heterocycles. The summed E-state index contributed by atoms with van der Waals surface area (Å²) in [6.07, 6.45) is 2.37. The molecule has 2 heterocycles. The molecule has 0 atom stereocenters. The largest absolute Gasteiger partial charge is 0.336 e. The summed E-state index contributed by atoms with van der Waals surface area (Å²) in [6, 6.07) is 2.51. The molecule has 1 aromatic rings. The number of aromatic nitrogens is 1. The molecule has 0 aromatic carbocycles. The van der Waals surface area contributed by atoms with Crippen molar-refractivity contribution in [3.8, 4) is 0 Å². The van der Waals surface area contributed by atoms with Gasteiger partial charge >= 0.3 is 0 Å². The van der Waals surface area contributed by atoms with Crippen molar-refractivity contribution in [1.29, 1.82) is 0 Å². The van der Waals surface area contributed by atoms with E-state index in [0.717, 1.165) is 12.3 Å². The van der Waals surface area contributed by atoms with Crippen molar-refractivity contribution < 1.29 is 17.6 Å². The number of sulfonamides is 1. The minimum absolute atomic E-state index is 0.223. The topological polar surface area (TPSA) is 70.6 Å². The van der Waals surface area contributed by atoms with Crippen molar-refractivity contribution in [3.63, 3.8) is 0 Å². The molecule has 1 aliphatic heterocycles. The Labute approximate surface area is 110 Å². The van der Waals surface area contributed by atoms with E-state index in [1.54, 1.807) is 0 Å². The second-order valence-electron chi connectivity index (χ2n) is 4.32. The lowest BCUT2D eigenvalue weighted by Gasteiger charge is -2.33. The zero-order valence-corrected chi connectivity index (χ0v) is 11.2. The van der Waals surface area contributed by atoms with Gasteiger partial charge in [0.1, 0.15) is 0 Å². The highest BCUT2D eigenvalue weighted by molar-refractivity contribution is 7.88. The van der Waals surface area contributed by atoms with Gasteiger partial charge in [0, 0.05) is 44.0 Å². The van der Waals surface area contributed by atoms with Crippen LogP contribution in [0.3, 0.4) is 0 Å². The first-order valence-corrected chi connectivity index (χ1v) is 7.59. The normalized spacial score (nSPS) is 17.5. The Morgan fingerprint density at radius 2 is 1.95 bits per heavy atom. The third-order valence-electron chi connectivity index (χ3n) is 2.97. The number of pyridine rings is 1. The van der Waals surface area contributed by atoms with E-state index in [1.165, 1.54) is 21.5 Å². The molecule has 0 spiro atoms. The summed E-state index contributed by atoms with van der Waals surface area (Å²) in [5, 5.41) is 0. The van der Waals surface area contributed by atoms with Crippen molar-refractivity contribution in [1.82, 2.24) is 14.2 Å². The number of nitrogens with zero attached hydrogens (tertiary/aromatic N) is 3. The van der Waals surface area contributed by atoms with E-state index in [0.29, 0.717) is 13.1 Å². The SMILES string of the molecule is CS(=O)(=O)N1CCN(C(=O)c2ccnc(F)c2)CC1. The maximum Gasteiger partial charge on any atom is 0.254 e. The Bertz CT molecular complexity index is 583. The van der Waals surface area contributed by atoms with Gasteiger partial charge in [-0.15, -0.1) is 0 Å². The quantitative estimate of drug-likeness (QED) is 0.714. The average Bonchev–Trinajstić information content (AvgIpc) is 2.37. The molecule has 0 N–H and O–H groups in total. The number of rotatable bonds is 2. The lowest BCUT2D eigenvalue weighted by atomic mass is 10.2. The molecule has 1 amide bonds. The van der Waals surface area contributed by atoms with Crippen LogP contribution in [-0.2, 0) is 10.0 Å². The first-order valence-electron chi connectivity index (χ1n) is 5.74. The first-order chi connectivity index (χ1) is 8.88. The molecule has 104 valence electrons. The highest BCUT2D eigenvalue weighted by Crippen LogP contribution is 2.10. The van der Waals surface area contributed by atoms with Crippen LogP contribution in [0, 0.1) is 5.95 Å². The van der Waals surface area contributed by atoms with Crippen molar-refractivity contribution in [2.24, 2.45) is 0 Å². The molecule has 8 heteroatoms. The molecule has 0 radical (unpaired) electrons. The zero-order valence-electron chi connectivity index (χ0n) is 10.4. The van der Waals surface area contributed by atoms with Crippen LogP contribution in [0.25, 0.3) is 0 Å². The van der Waals surface area contributed by atoms with E-state index in [-0.39, 0.29) is 24.6 Å². The summed E-state index contributed by atoms with van der Waals surface area (Å²) >= 11 is 0. The summed E-state index contributed by atoms with van der Waals surface area (Å²) in [5.41, 5.74) is 0.223. The smallest absolute Gasteiger partial charge is 0.254 e. The Morgan fingerprint density at radius 3 is 2.47 bits per heavy atom. The molecule has 1 fully saturated rings. The van der Waals surface area contributed by atoms with E-state index in [4.69, 9.17) is 0 Å². The van der Waals surface area contributed by atoms with Gasteiger partial charge in [-0.25, -0.2) is 13.4 Å². The second kappa shape index (κ2) is 5.22. The molecule has 0 bridgehead atoms. The fourth-order valence-electron chi connectivity index (χ4n) is 1.94. The first kappa shape index (κ1) is 13.9. The van der Waals surface area contributed by atoms with E-state index >= 15 is 0 Å². The van der Waals surface area contributed by atoms with Gasteiger partial charge in [0.2, 0.25) is 16.0 Å². The Kier molecular flexibility index (Phi) is 3.81. The van der Waals surface area contributed by atoms with Gasteiger partial charge in [-0.2, -0.15) is 8.70 Å². The van der Waals surface area contributed by atoms with Crippen LogP contribution >= 0.6 is 0 Å². The molecule has 6 nitrogen and oxygen atoms in total. The number of halogens is 1. The van der Waals surface area contributed by atoms with Gasteiger partial charge in [0.05, 0.1) is 6.26 Å². The van der Waals surface area contributed by atoms with Gasteiger partial charge in [-0.05, 0) is 6.07 Å². The van der Waals surface area contributed by atoms with Crippen LogP contribution < -0.4 is 0 Å². The molecule has 19 heavy (non-hydrogen) atoms. The fourth-order valence-corrected chi connectivity index (χ4v) is 2.77. The van der Waals surface area contributed by atoms with Gasteiger partial charge in [-0.3, -0.25) is 4.79 Å².